The van der Waals surface area contributed by atoms with E-state index in [4.69, 9.17) is 4.74 Å². The highest BCUT2D eigenvalue weighted by molar-refractivity contribution is 5.99. The molecule has 1 N–H and O–H groups in total. The van der Waals surface area contributed by atoms with Crippen molar-refractivity contribution in [3.8, 4) is 6.07 Å². The van der Waals surface area contributed by atoms with Gasteiger partial charge in [-0.05, 0) is 44.4 Å². The molecule has 0 aliphatic carbocycles. The number of nitriles is 1. The molecule has 1 rings (SSSR count). The van der Waals surface area contributed by atoms with E-state index in [0.717, 1.165) is 23.5 Å². The number of nitrogens with zero attached hydrogens (tertiary/aromatic N) is 2. The third kappa shape index (κ3) is 5.62. The van der Waals surface area contributed by atoms with Crippen molar-refractivity contribution < 1.29 is 14.3 Å². The number of rotatable bonds is 8. The minimum Gasteiger partial charge on any atom is -0.448 e. The van der Waals surface area contributed by atoms with Gasteiger partial charge in [0.15, 0.2) is 6.10 Å². The first-order valence-corrected chi connectivity index (χ1v) is 8.59. The SMILES string of the molecule is C=CCNC(=O)[C@@H](C)OC(=O)/C(C#N)=C/c1cc(C)n(CC(C)C)c1C. The fraction of sp³-hybridized carbons (Fsp3) is 0.450. The van der Waals surface area contributed by atoms with Crippen molar-refractivity contribution in [3.05, 3.63) is 41.2 Å². The highest BCUT2D eigenvalue weighted by Gasteiger charge is 2.20. The molecule has 1 aromatic heterocycles. The summed E-state index contributed by atoms with van der Waals surface area (Å²) in [4.78, 5) is 24.0. The standard InChI is InChI=1S/C20H27N3O3/c1-7-8-22-19(24)16(6)26-20(25)18(11-21)10-17-9-14(4)23(15(17)5)12-13(2)3/h7,9-10,13,16H,1,8,12H2,2-6H3,(H,22,24)/b18-10+/t16-/m1/s1. The maximum absolute atomic E-state index is 12.2. The molecular weight excluding hydrogens is 330 g/mol. The van der Waals surface area contributed by atoms with Gasteiger partial charge in [-0.25, -0.2) is 4.79 Å². The number of aromatic nitrogens is 1. The Kier molecular flexibility index (Phi) is 7.85. The molecule has 1 heterocycles. The lowest BCUT2D eigenvalue weighted by atomic mass is 10.1. The van der Waals surface area contributed by atoms with Crippen LogP contribution in [-0.2, 0) is 20.9 Å². The number of carbonyl (C=O) groups excluding carboxylic acids is 2. The summed E-state index contributed by atoms with van der Waals surface area (Å²) >= 11 is 0. The number of amides is 1. The number of nitrogens with one attached hydrogen (secondary N) is 1. The molecule has 0 saturated carbocycles. The molecule has 0 radical (unpaired) electrons. The smallest absolute Gasteiger partial charge is 0.349 e. The van der Waals surface area contributed by atoms with Crippen molar-refractivity contribution in [2.75, 3.05) is 6.54 Å². The Bertz CT molecular complexity index is 751. The molecular formula is C20H27N3O3. The summed E-state index contributed by atoms with van der Waals surface area (Å²) < 4.78 is 7.25. The minimum atomic E-state index is -0.993. The van der Waals surface area contributed by atoms with Crippen LogP contribution in [0.25, 0.3) is 6.08 Å². The molecule has 0 aliphatic heterocycles. The van der Waals surface area contributed by atoms with Gasteiger partial charge in [0.05, 0.1) is 0 Å². The van der Waals surface area contributed by atoms with Crippen LogP contribution in [0.15, 0.2) is 24.3 Å². The van der Waals surface area contributed by atoms with Crippen molar-refractivity contribution in [2.24, 2.45) is 5.92 Å². The Hall–Kier alpha value is -2.81. The third-order valence-electron chi connectivity index (χ3n) is 3.87. The van der Waals surface area contributed by atoms with Gasteiger partial charge in [-0.1, -0.05) is 19.9 Å². The molecule has 1 aromatic rings. The van der Waals surface area contributed by atoms with Gasteiger partial charge in [0, 0.05) is 24.5 Å². The van der Waals surface area contributed by atoms with Gasteiger partial charge < -0.3 is 14.6 Å². The van der Waals surface area contributed by atoms with E-state index in [1.54, 1.807) is 0 Å². The van der Waals surface area contributed by atoms with Gasteiger partial charge in [0.25, 0.3) is 5.91 Å². The van der Waals surface area contributed by atoms with Gasteiger partial charge in [-0.3, -0.25) is 4.79 Å². The lowest BCUT2D eigenvalue weighted by molar-refractivity contribution is -0.150. The lowest BCUT2D eigenvalue weighted by Crippen LogP contribution is -2.36. The van der Waals surface area contributed by atoms with E-state index >= 15 is 0 Å². The van der Waals surface area contributed by atoms with Crippen LogP contribution in [0.5, 0.6) is 0 Å². The predicted octanol–water partition coefficient (Wildman–Crippen LogP) is 2.90. The Balaban J connectivity index is 2.98. The van der Waals surface area contributed by atoms with Crippen molar-refractivity contribution >= 4 is 18.0 Å². The zero-order valence-corrected chi connectivity index (χ0v) is 16.1. The van der Waals surface area contributed by atoms with Crippen LogP contribution in [0.2, 0.25) is 0 Å². The Morgan fingerprint density at radius 1 is 1.38 bits per heavy atom. The molecule has 1 amide bonds. The molecule has 0 aliphatic rings. The first-order chi connectivity index (χ1) is 12.2. The van der Waals surface area contributed by atoms with Crippen LogP contribution < -0.4 is 5.32 Å². The summed E-state index contributed by atoms with van der Waals surface area (Å²) in [6, 6.07) is 3.80. The molecule has 0 unspecified atom stereocenters. The second-order valence-corrected chi connectivity index (χ2v) is 6.58. The van der Waals surface area contributed by atoms with E-state index in [0.29, 0.717) is 5.92 Å². The number of hydrogen-bond donors (Lipinski definition) is 1. The van der Waals surface area contributed by atoms with Crippen LogP contribution in [0, 0.1) is 31.1 Å². The fourth-order valence-corrected chi connectivity index (χ4v) is 2.51. The topological polar surface area (TPSA) is 84.1 Å². The van der Waals surface area contributed by atoms with E-state index in [1.807, 2.05) is 26.0 Å². The Morgan fingerprint density at radius 2 is 2.04 bits per heavy atom. The van der Waals surface area contributed by atoms with E-state index in [1.165, 1.54) is 19.1 Å². The average molecular weight is 357 g/mol. The highest BCUT2D eigenvalue weighted by atomic mass is 16.5. The second-order valence-electron chi connectivity index (χ2n) is 6.58. The van der Waals surface area contributed by atoms with Crippen LogP contribution in [-0.4, -0.2) is 29.1 Å². The van der Waals surface area contributed by atoms with Gasteiger partial charge in [0.2, 0.25) is 0 Å². The van der Waals surface area contributed by atoms with Crippen LogP contribution in [0.3, 0.4) is 0 Å². The van der Waals surface area contributed by atoms with Crippen LogP contribution in [0.4, 0.5) is 0 Å². The number of aryl methyl sites for hydroxylation is 1. The molecule has 26 heavy (non-hydrogen) atoms. The van der Waals surface area contributed by atoms with E-state index in [-0.39, 0.29) is 12.1 Å². The fourth-order valence-electron chi connectivity index (χ4n) is 2.51. The molecule has 6 nitrogen and oxygen atoms in total. The van der Waals surface area contributed by atoms with E-state index in [2.05, 4.69) is 30.3 Å². The van der Waals surface area contributed by atoms with Crippen molar-refractivity contribution in [1.29, 1.82) is 5.26 Å². The van der Waals surface area contributed by atoms with Crippen molar-refractivity contribution in [2.45, 2.75) is 47.3 Å². The summed E-state index contributed by atoms with van der Waals surface area (Å²) in [5.74, 6) is -0.778. The zero-order chi connectivity index (χ0) is 19.9. The number of esters is 1. The quantitative estimate of drug-likeness (QED) is 0.335. The largest absolute Gasteiger partial charge is 0.448 e. The molecule has 140 valence electrons. The predicted molar refractivity (Wildman–Crippen MR) is 101 cm³/mol. The second kappa shape index (κ2) is 9.62. The molecule has 0 fully saturated rings. The van der Waals surface area contributed by atoms with Gasteiger partial charge in [-0.2, -0.15) is 5.26 Å². The van der Waals surface area contributed by atoms with Gasteiger partial charge >= 0.3 is 5.97 Å². The van der Waals surface area contributed by atoms with Crippen LogP contribution >= 0.6 is 0 Å². The molecule has 0 saturated heterocycles. The van der Waals surface area contributed by atoms with Gasteiger partial charge in [0.1, 0.15) is 11.6 Å². The van der Waals surface area contributed by atoms with Crippen LogP contribution in [0.1, 0.15) is 37.7 Å². The normalized spacial score (nSPS) is 12.4. The summed E-state index contributed by atoms with van der Waals surface area (Å²) in [6.45, 7) is 14.3. The monoisotopic (exact) mass is 357 g/mol. The summed E-state index contributed by atoms with van der Waals surface area (Å²) in [5, 5.41) is 11.9. The Labute approximate surface area is 155 Å². The van der Waals surface area contributed by atoms with Crippen molar-refractivity contribution in [3.63, 3.8) is 0 Å². The maximum atomic E-state index is 12.2. The Morgan fingerprint density at radius 3 is 2.58 bits per heavy atom. The molecule has 1 atom stereocenters. The van der Waals surface area contributed by atoms with E-state index in [9.17, 15) is 14.9 Å². The van der Waals surface area contributed by atoms with E-state index < -0.39 is 18.0 Å². The number of hydrogen-bond acceptors (Lipinski definition) is 4. The number of ether oxygens (including phenoxy) is 1. The highest BCUT2D eigenvalue weighted by Crippen LogP contribution is 2.20. The van der Waals surface area contributed by atoms with Crippen molar-refractivity contribution in [1.82, 2.24) is 9.88 Å². The molecule has 0 bridgehead atoms. The summed E-state index contributed by atoms with van der Waals surface area (Å²) in [5.41, 5.74) is 2.69. The number of carbonyl (C=O) groups is 2. The summed E-state index contributed by atoms with van der Waals surface area (Å²) in [7, 11) is 0. The average Bonchev–Trinajstić information content (AvgIpc) is 2.84. The molecule has 6 heteroatoms. The first-order valence-electron chi connectivity index (χ1n) is 8.59. The van der Waals surface area contributed by atoms with Gasteiger partial charge in [-0.15, -0.1) is 6.58 Å². The maximum Gasteiger partial charge on any atom is 0.349 e. The third-order valence-corrected chi connectivity index (χ3v) is 3.87. The first kappa shape index (κ1) is 21.2. The lowest BCUT2D eigenvalue weighted by Gasteiger charge is -2.12. The molecule has 0 aromatic carbocycles. The zero-order valence-electron chi connectivity index (χ0n) is 16.1. The summed E-state index contributed by atoms with van der Waals surface area (Å²) in [6.07, 6.45) is 2.04. The molecule has 0 spiro atoms. The minimum absolute atomic E-state index is 0.141.